The summed E-state index contributed by atoms with van der Waals surface area (Å²) in [7, 11) is 0. The Kier molecular flexibility index (Phi) is 4.67. The molecule has 1 amide bonds. The van der Waals surface area contributed by atoms with Gasteiger partial charge in [0.25, 0.3) is 5.91 Å². The quantitative estimate of drug-likeness (QED) is 0.599. The number of aromatic hydroxyl groups is 2. The van der Waals surface area contributed by atoms with Gasteiger partial charge in [-0.3, -0.25) is 4.79 Å². The van der Waals surface area contributed by atoms with Crippen LogP contribution in [0.4, 0.5) is 0 Å². The standard InChI is InChI=1S/C14H10Cl2N2O3/c15-9-5-10(13(20)11(16)6-9)14(21)18-17-7-8-3-1-2-4-12(8)19/h1-7,19-20H,(H,18,21)/b17-7+. The molecule has 0 aliphatic rings. The Balaban J connectivity index is 2.14. The molecule has 0 radical (unpaired) electrons. The molecule has 0 aromatic heterocycles. The molecule has 5 nitrogen and oxygen atoms in total. The molecule has 2 aromatic rings. The molecule has 0 spiro atoms. The van der Waals surface area contributed by atoms with Gasteiger partial charge in [0.1, 0.15) is 11.5 Å². The Hall–Kier alpha value is -2.24. The molecule has 0 fully saturated rings. The van der Waals surface area contributed by atoms with Crippen LogP contribution in [0.3, 0.4) is 0 Å². The van der Waals surface area contributed by atoms with Crippen molar-refractivity contribution in [2.24, 2.45) is 5.10 Å². The van der Waals surface area contributed by atoms with Crippen molar-refractivity contribution in [3.05, 3.63) is 57.6 Å². The van der Waals surface area contributed by atoms with Crippen LogP contribution in [0.15, 0.2) is 41.5 Å². The maximum atomic E-state index is 11.9. The first-order chi connectivity index (χ1) is 9.99. The Morgan fingerprint density at radius 2 is 1.90 bits per heavy atom. The zero-order valence-electron chi connectivity index (χ0n) is 10.5. The molecule has 21 heavy (non-hydrogen) atoms. The van der Waals surface area contributed by atoms with Crippen LogP contribution in [0.1, 0.15) is 15.9 Å². The van der Waals surface area contributed by atoms with Crippen LogP contribution in [0.5, 0.6) is 11.5 Å². The van der Waals surface area contributed by atoms with E-state index in [0.717, 1.165) is 0 Å². The van der Waals surface area contributed by atoms with Gasteiger partial charge < -0.3 is 10.2 Å². The van der Waals surface area contributed by atoms with E-state index in [1.54, 1.807) is 18.2 Å². The smallest absolute Gasteiger partial charge is 0.275 e. The van der Waals surface area contributed by atoms with Gasteiger partial charge in [0.05, 0.1) is 16.8 Å². The molecule has 2 aromatic carbocycles. The van der Waals surface area contributed by atoms with Crippen LogP contribution in [0, 0.1) is 0 Å². The average Bonchev–Trinajstić information content (AvgIpc) is 2.44. The molecule has 0 atom stereocenters. The molecule has 3 N–H and O–H groups in total. The van der Waals surface area contributed by atoms with Crippen LogP contribution in [-0.2, 0) is 0 Å². The van der Waals surface area contributed by atoms with E-state index in [-0.39, 0.29) is 27.1 Å². The highest BCUT2D eigenvalue weighted by molar-refractivity contribution is 6.36. The third-order valence-corrected chi connectivity index (χ3v) is 3.09. The lowest BCUT2D eigenvalue weighted by molar-refractivity contribution is 0.0952. The second kappa shape index (κ2) is 6.47. The molecule has 0 heterocycles. The van der Waals surface area contributed by atoms with Gasteiger partial charge in [0.2, 0.25) is 0 Å². The highest BCUT2D eigenvalue weighted by Gasteiger charge is 2.14. The van der Waals surface area contributed by atoms with Crippen LogP contribution in [0.25, 0.3) is 0 Å². The average molecular weight is 325 g/mol. The predicted molar refractivity (Wildman–Crippen MR) is 81.3 cm³/mol. The van der Waals surface area contributed by atoms with Gasteiger partial charge in [-0.25, -0.2) is 5.43 Å². The van der Waals surface area contributed by atoms with Crippen molar-refractivity contribution in [1.82, 2.24) is 5.43 Å². The number of phenols is 2. The van der Waals surface area contributed by atoms with E-state index >= 15 is 0 Å². The fraction of sp³-hybridized carbons (Fsp3) is 0. The Morgan fingerprint density at radius 3 is 2.62 bits per heavy atom. The SMILES string of the molecule is O=C(N/N=C/c1ccccc1O)c1cc(Cl)cc(Cl)c1O. The summed E-state index contributed by atoms with van der Waals surface area (Å²) in [5.74, 6) is -1.02. The Morgan fingerprint density at radius 1 is 1.19 bits per heavy atom. The summed E-state index contributed by atoms with van der Waals surface area (Å²) in [5, 5.41) is 23.1. The second-order valence-corrected chi connectivity index (χ2v) is 4.89. The number of hydrogen-bond donors (Lipinski definition) is 3. The number of carbonyl (C=O) groups excluding carboxylic acids is 1. The van der Waals surface area contributed by atoms with E-state index in [2.05, 4.69) is 10.5 Å². The number of halogens is 2. The number of hydrazone groups is 1. The van der Waals surface area contributed by atoms with Crippen molar-refractivity contribution in [1.29, 1.82) is 0 Å². The zero-order chi connectivity index (χ0) is 15.4. The topological polar surface area (TPSA) is 81.9 Å². The van der Waals surface area contributed by atoms with Gasteiger partial charge in [0.15, 0.2) is 0 Å². The van der Waals surface area contributed by atoms with Gasteiger partial charge in [-0.2, -0.15) is 5.10 Å². The van der Waals surface area contributed by atoms with Crippen molar-refractivity contribution in [2.45, 2.75) is 0 Å². The monoisotopic (exact) mass is 324 g/mol. The fourth-order valence-electron chi connectivity index (χ4n) is 1.56. The van der Waals surface area contributed by atoms with E-state index < -0.39 is 5.91 Å². The van der Waals surface area contributed by atoms with Crippen LogP contribution in [-0.4, -0.2) is 22.3 Å². The molecule has 0 saturated heterocycles. The maximum Gasteiger partial charge on any atom is 0.275 e. The van der Waals surface area contributed by atoms with Crippen molar-refractivity contribution >= 4 is 35.3 Å². The lowest BCUT2D eigenvalue weighted by Crippen LogP contribution is -2.17. The first-order valence-corrected chi connectivity index (χ1v) is 6.54. The van der Waals surface area contributed by atoms with Crippen molar-refractivity contribution in [3.8, 4) is 11.5 Å². The normalized spacial score (nSPS) is 10.8. The van der Waals surface area contributed by atoms with Crippen molar-refractivity contribution in [2.75, 3.05) is 0 Å². The maximum absolute atomic E-state index is 11.9. The predicted octanol–water partition coefficient (Wildman–Crippen LogP) is 3.17. The summed E-state index contributed by atoms with van der Waals surface area (Å²) in [6, 6.07) is 9.08. The number of hydrogen-bond acceptors (Lipinski definition) is 4. The van der Waals surface area contributed by atoms with Crippen LogP contribution >= 0.6 is 23.2 Å². The largest absolute Gasteiger partial charge is 0.507 e. The highest BCUT2D eigenvalue weighted by Crippen LogP contribution is 2.30. The van der Waals surface area contributed by atoms with E-state index in [1.807, 2.05) is 0 Å². The van der Waals surface area contributed by atoms with Crippen LogP contribution < -0.4 is 5.43 Å². The third-order valence-electron chi connectivity index (χ3n) is 2.58. The summed E-state index contributed by atoms with van der Waals surface area (Å²) in [5.41, 5.74) is 2.55. The molecule has 2 rings (SSSR count). The Labute approximate surface area is 130 Å². The minimum Gasteiger partial charge on any atom is -0.507 e. The number of phenolic OH excluding ortho intramolecular Hbond substituents is 2. The molecule has 0 aliphatic carbocycles. The summed E-state index contributed by atoms with van der Waals surface area (Å²) < 4.78 is 0. The minimum atomic E-state index is -0.677. The molecule has 0 bridgehead atoms. The fourth-order valence-corrected chi connectivity index (χ4v) is 2.05. The minimum absolute atomic E-state index is 0.0302. The van der Waals surface area contributed by atoms with E-state index in [0.29, 0.717) is 5.56 Å². The number of benzene rings is 2. The van der Waals surface area contributed by atoms with Gasteiger partial charge in [0, 0.05) is 10.6 Å². The number of rotatable bonds is 3. The van der Waals surface area contributed by atoms with Gasteiger partial charge >= 0.3 is 0 Å². The number of para-hydroxylation sites is 1. The van der Waals surface area contributed by atoms with Crippen molar-refractivity contribution in [3.63, 3.8) is 0 Å². The number of carbonyl (C=O) groups is 1. The summed E-state index contributed by atoms with van der Waals surface area (Å²) >= 11 is 11.5. The first kappa shape index (κ1) is 15.2. The van der Waals surface area contributed by atoms with Gasteiger partial charge in [-0.15, -0.1) is 0 Å². The second-order valence-electron chi connectivity index (χ2n) is 4.04. The first-order valence-electron chi connectivity index (χ1n) is 5.78. The molecule has 0 saturated carbocycles. The summed E-state index contributed by atoms with van der Waals surface area (Å²) in [6.07, 6.45) is 1.27. The lowest BCUT2D eigenvalue weighted by atomic mass is 10.2. The Bertz CT molecular complexity index is 717. The molecule has 0 aliphatic heterocycles. The molecule has 0 unspecified atom stereocenters. The number of nitrogens with zero attached hydrogens (tertiary/aromatic N) is 1. The zero-order valence-corrected chi connectivity index (χ0v) is 12.1. The van der Waals surface area contributed by atoms with E-state index in [9.17, 15) is 15.0 Å². The number of nitrogens with one attached hydrogen (secondary N) is 1. The molecule has 108 valence electrons. The van der Waals surface area contributed by atoms with Gasteiger partial charge in [-0.1, -0.05) is 35.3 Å². The van der Waals surface area contributed by atoms with E-state index in [4.69, 9.17) is 23.2 Å². The van der Waals surface area contributed by atoms with Crippen LogP contribution in [0.2, 0.25) is 10.0 Å². The van der Waals surface area contributed by atoms with Gasteiger partial charge in [-0.05, 0) is 24.3 Å². The molecular weight excluding hydrogens is 315 g/mol. The van der Waals surface area contributed by atoms with Crippen molar-refractivity contribution < 1.29 is 15.0 Å². The summed E-state index contributed by atoms with van der Waals surface area (Å²) in [6.45, 7) is 0. The number of amides is 1. The molecular formula is C14H10Cl2N2O3. The molecule has 7 heteroatoms. The highest BCUT2D eigenvalue weighted by atomic mass is 35.5. The third kappa shape index (κ3) is 3.65. The van der Waals surface area contributed by atoms with E-state index in [1.165, 1.54) is 24.4 Å². The lowest BCUT2D eigenvalue weighted by Gasteiger charge is -2.05. The summed E-state index contributed by atoms with van der Waals surface area (Å²) in [4.78, 5) is 11.9.